The van der Waals surface area contributed by atoms with Crippen molar-refractivity contribution in [3.8, 4) is 17.2 Å². The molecule has 0 bridgehead atoms. The summed E-state index contributed by atoms with van der Waals surface area (Å²) in [4.78, 5) is 4.61. The second-order valence-corrected chi connectivity index (χ2v) is 5.97. The van der Waals surface area contributed by atoms with E-state index in [2.05, 4.69) is 15.6 Å². The molecule has 0 spiro atoms. The fraction of sp³-hybridized carbons (Fsp3) is 0.381. The highest BCUT2D eigenvalue weighted by Crippen LogP contribution is 2.34. The van der Waals surface area contributed by atoms with Gasteiger partial charge in [0.15, 0.2) is 5.96 Å². The molecule has 0 aliphatic heterocycles. The minimum atomic E-state index is -0.195. The number of nitrogens with one attached hydrogen (secondary N) is 2. The minimum Gasteiger partial charge on any atom is -0.496 e. The number of benzene rings is 2. The van der Waals surface area contributed by atoms with Crippen LogP contribution >= 0.6 is 24.0 Å². The molecule has 0 unspecified atom stereocenters. The normalized spacial score (nSPS) is 10.7. The quantitative estimate of drug-likeness (QED) is 0.301. The summed E-state index contributed by atoms with van der Waals surface area (Å²) >= 11 is 0. The van der Waals surface area contributed by atoms with E-state index in [9.17, 15) is 4.39 Å². The first-order valence-corrected chi connectivity index (χ1v) is 9.17. The molecule has 0 aromatic heterocycles. The van der Waals surface area contributed by atoms with Gasteiger partial charge in [-0.15, -0.1) is 24.0 Å². The van der Waals surface area contributed by atoms with Gasteiger partial charge in [0, 0.05) is 25.2 Å². The van der Waals surface area contributed by atoms with Crippen LogP contribution < -0.4 is 24.8 Å². The van der Waals surface area contributed by atoms with Gasteiger partial charge >= 0.3 is 0 Å². The van der Waals surface area contributed by atoms with Crippen LogP contribution in [0, 0.1) is 5.82 Å². The number of rotatable bonds is 9. The molecule has 0 fully saturated rings. The Bertz CT molecular complexity index is 777. The van der Waals surface area contributed by atoms with Crippen molar-refractivity contribution < 1.29 is 18.6 Å². The molecule has 0 heterocycles. The van der Waals surface area contributed by atoms with Gasteiger partial charge in [-0.25, -0.2) is 9.38 Å². The molecule has 0 saturated carbocycles. The zero-order valence-corrected chi connectivity index (χ0v) is 19.6. The second kappa shape index (κ2) is 13.1. The molecule has 6 nitrogen and oxygen atoms in total. The standard InChI is InChI=1S/C21H28FN3O3.HI/c1-5-23-21(24-11-10-15-8-6-7-9-18(15)22)25-14-17-19(27-3)12-16(26-2)13-20(17)28-4;/h6-9,12-13H,5,10-11,14H2,1-4H3,(H2,23,24,25);1H. The van der Waals surface area contributed by atoms with Gasteiger partial charge in [-0.2, -0.15) is 0 Å². The number of nitrogens with zero attached hydrogens (tertiary/aromatic N) is 1. The second-order valence-electron chi connectivity index (χ2n) is 5.97. The van der Waals surface area contributed by atoms with Crippen molar-refractivity contribution >= 4 is 29.9 Å². The van der Waals surface area contributed by atoms with E-state index in [1.807, 2.05) is 13.0 Å². The molecule has 29 heavy (non-hydrogen) atoms. The fourth-order valence-corrected chi connectivity index (χ4v) is 2.75. The largest absolute Gasteiger partial charge is 0.496 e. The Balaban J connectivity index is 0.00000420. The number of guanidine groups is 1. The van der Waals surface area contributed by atoms with E-state index in [0.717, 1.165) is 5.56 Å². The lowest BCUT2D eigenvalue weighted by Gasteiger charge is -2.15. The maximum absolute atomic E-state index is 13.7. The molecule has 0 amide bonds. The van der Waals surface area contributed by atoms with Gasteiger partial charge < -0.3 is 24.8 Å². The fourth-order valence-electron chi connectivity index (χ4n) is 2.75. The Kier molecular flexibility index (Phi) is 11.2. The molecular formula is C21H29FIN3O3. The third-order valence-corrected chi connectivity index (χ3v) is 4.20. The average molecular weight is 517 g/mol. The average Bonchev–Trinajstić information content (AvgIpc) is 2.72. The number of ether oxygens (including phenoxy) is 3. The molecule has 2 aromatic carbocycles. The predicted octanol–water partition coefficient (Wildman–Crippen LogP) is 3.77. The molecule has 0 saturated heterocycles. The van der Waals surface area contributed by atoms with E-state index < -0.39 is 0 Å². The third-order valence-electron chi connectivity index (χ3n) is 4.20. The lowest BCUT2D eigenvalue weighted by molar-refractivity contribution is 0.369. The summed E-state index contributed by atoms with van der Waals surface area (Å²) in [5.74, 6) is 2.37. The monoisotopic (exact) mass is 517 g/mol. The lowest BCUT2D eigenvalue weighted by Crippen LogP contribution is -2.38. The number of aliphatic imine (C=N–C) groups is 1. The van der Waals surface area contributed by atoms with Gasteiger partial charge in [-0.3, -0.25) is 0 Å². The molecule has 8 heteroatoms. The summed E-state index contributed by atoms with van der Waals surface area (Å²) in [5, 5.41) is 6.42. The Morgan fingerprint density at radius 2 is 1.66 bits per heavy atom. The van der Waals surface area contributed by atoms with Gasteiger partial charge in [0.2, 0.25) is 0 Å². The van der Waals surface area contributed by atoms with Gasteiger partial charge in [-0.05, 0) is 25.0 Å². The molecular weight excluding hydrogens is 488 g/mol. The van der Waals surface area contributed by atoms with Crippen LogP contribution in [0.2, 0.25) is 0 Å². The first kappa shape index (κ1) is 24.8. The van der Waals surface area contributed by atoms with Crippen molar-refractivity contribution in [2.45, 2.75) is 19.9 Å². The van der Waals surface area contributed by atoms with Crippen LogP contribution in [0.1, 0.15) is 18.1 Å². The topological polar surface area (TPSA) is 64.1 Å². The van der Waals surface area contributed by atoms with Crippen LogP contribution in [0.4, 0.5) is 4.39 Å². The SMILES string of the molecule is CCNC(=NCc1c(OC)cc(OC)cc1OC)NCCc1ccccc1F.I. The van der Waals surface area contributed by atoms with Crippen molar-refractivity contribution in [3.63, 3.8) is 0 Å². The van der Waals surface area contributed by atoms with Gasteiger partial charge in [0.05, 0.1) is 33.4 Å². The van der Waals surface area contributed by atoms with E-state index in [-0.39, 0.29) is 29.8 Å². The molecule has 2 aromatic rings. The highest BCUT2D eigenvalue weighted by Gasteiger charge is 2.13. The van der Waals surface area contributed by atoms with Crippen molar-refractivity contribution in [3.05, 3.63) is 53.3 Å². The number of halogens is 2. The summed E-state index contributed by atoms with van der Waals surface area (Å²) in [6.07, 6.45) is 0.562. The Labute approximate surface area is 188 Å². The van der Waals surface area contributed by atoms with E-state index in [1.54, 1.807) is 45.6 Å². The summed E-state index contributed by atoms with van der Waals surface area (Å²) < 4.78 is 29.9. The lowest BCUT2D eigenvalue weighted by atomic mass is 10.1. The predicted molar refractivity (Wildman–Crippen MR) is 124 cm³/mol. The highest BCUT2D eigenvalue weighted by atomic mass is 127. The van der Waals surface area contributed by atoms with E-state index >= 15 is 0 Å². The van der Waals surface area contributed by atoms with Crippen LogP contribution in [0.15, 0.2) is 41.4 Å². The van der Waals surface area contributed by atoms with E-state index in [1.165, 1.54) is 6.07 Å². The Morgan fingerprint density at radius 1 is 1.00 bits per heavy atom. The van der Waals surface area contributed by atoms with Crippen LogP contribution in [0.25, 0.3) is 0 Å². The third kappa shape index (κ3) is 7.26. The maximum Gasteiger partial charge on any atom is 0.191 e. The van der Waals surface area contributed by atoms with Gasteiger partial charge in [0.25, 0.3) is 0 Å². The van der Waals surface area contributed by atoms with E-state index in [4.69, 9.17) is 14.2 Å². The van der Waals surface area contributed by atoms with Crippen LogP contribution in [-0.4, -0.2) is 40.4 Å². The van der Waals surface area contributed by atoms with Crippen LogP contribution in [0.3, 0.4) is 0 Å². The van der Waals surface area contributed by atoms with Gasteiger partial charge in [-0.1, -0.05) is 18.2 Å². The summed E-state index contributed by atoms with van der Waals surface area (Å²) in [5.41, 5.74) is 1.49. The molecule has 2 N–H and O–H groups in total. The molecule has 2 rings (SSSR count). The molecule has 160 valence electrons. The van der Waals surface area contributed by atoms with E-state index in [0.29, 0.717) is 54.8 Å². The highest BCUT2D eigenvalue weighted by molar-refractivity contribution is 14.0. The zero-order chi connectivity index (χ0) is 20.4. The minimum absolute atomic E-state index is 0. The van der Waals surface area contributed by atoms with Crippen molar-refractivity contribution in [1.82, 2.24) is 10.6 Å². The first-order valence-electron chi connectivity index (χ1n) is 9.17. The summed E-state index contributed by atoms with van der Waals surface area (Å²) in [6, 6.07) is 10.4. The summed E-state index contributed by atoms with van der Waals surface area (Å²) in [6.45, 7) is 3.61. The summed E-state index contributed by atoms with van der Waals surface area (Å²) in [7, 11) is 4.79. The number of hydrogen-bond donors (Lipinski definition) is 2. The first-order chi connectivity index (χ1) is 13.6. The molecule has 0 aliphatic rings. The number of methoxy groups -OCH3 is 3. The van der Waals surface area contributed by atoms with Crippen LogP contribution in [-0.2, 0) is 13.0 Å². The molecule has 0 radical (unpaired) electrons. The Morgan fingerprint density at radius 3 is 2.21 bits per heavy atom. The Hall–Kier alpha value is -2.23. The maximum atomic E-state index is 13.7. The van der Waals surface area contributed by atoms with Gasteiger partial charge in [0.1, 0.15) is 23.1 Å². The molecule has 0 atom stereocenters. The molecule has 0 aliphatic carbocycles. The zero-order valence-electron chi connectivity index (χ0n) is 17.3. The van der Waals surface area contributed by atoms with Crippen molar-refractivity contribution in [2.75, 3.05) is 34.4 Å². The van der Waals surface area contributed by atoms with Crippen LogP contribution in [0.5, 0.6) is 17.2 Å². The van der Waals surface area contributed by atoms with Crippen molar-refractivity contribution in [2.24, 2.45) is 4.99 Å². The number of hydrogen-bond acceptors (Lipinski definition) is 4. The van der Waals surface area contributed by atoms with Crippen molar-refractivity contribution in [1.29, 1.82) is 0 Å². The smallest absolute Gasteiger partial charge is 0.191 e.